The van der Waals surface area contributed by atoms with Crippen molar-refractivity contribution >= 4 is 17.2 Å². The highest BCUT2D eigenvalue weighted by Crippen LogP contribution is 2.10. The van der Waals surface area contributed by atoms with Gasteiger partial charge in [0, 0.05) is 24.7 Å². The molecule has 0 aliphatic carbocycles. The largest absolute Gasteiger partial charge is 0.326 e. The first-order valence-electron chi connectivity index (χ1n) is 7.06. The lowest BCUT2D eigenvalue weighted by Crippen LogP contribution is -2.11. The van der Waals surface area contributed by atoms with Gasteiger partial charge in [-0.2, -0.15) is 0 Å². The highest BCUT2D eigenvalue weighted by molar-refractivity contribution is 5.90. The Bertz CT molecular complexity index is 782. The highest BCUT2D eigenvalue weighted by Gasteiger charge is 2.07. The van der Waals surface area contributed by atoms with Crippen LogP contribution in [0.1, 0.15) is 18.7 Å². The second-order valence-electron chi connectivity index (χ2n) is 4.95. The summed E-state index contributed by atoms with van der Waals surface area (Å²) in [7, 11) is 0. The van der Waals surface area contributed by atoms with Gasteiger partial charge in [0.1, 0.15) is 11.6 Å². The molecule has 0 fully saturated rings. The minimum atomic E-state index is -0.323. The topological polar surface area (TPSA) is 59.3 Å². The Labute approximate surface area is 126 Å². The number of aryl methyl sites for hydroxylation is 1. The van der Waals surface area contributed by atoms with E-state index in [0.29, 0.717) is 24.9 Å². The number of hydrogen-bond donors (Lipinski definition) is 1. The molecule has 0 unspecified atom stereocenters. The third-order valence-corrected chi connectivity index (χ3v) is 3.32. The van der Waals surface area contributed by atoms with Crippen molar-refractivity contribution < 1.29 is 9.18 Å². The van der Waals surface area contributed by atoms with Gasteiger partial charge in [-0.1, -0.05) is 6.07 Å². The lowest BCUT2D eigenvalue weighted by molar-refractivity contribution is -0.116. The Hall–Kier alpha value is -2.76. The van der Waals surface area contributed by atoms with E-state index in [2.05, 4.69) is 15.5 Å². The maximum absolute atomic E-state index is 12.8. The van der Waals surface area contributed by atoms with Crippen molar-refractivity contribution in [3.63, 3.8) is 0 Å². The van der Waals surface area contributed by atoms with Gasteiger partial charge in [-0.3, -0.25) is 9.20 Å². The fourth-order valence-electron chi connectivity index (χ4n) is 2.23. The predicted molar refractivity (Wildman–Crippen MR) is 81.0 cm³/mol. The van der Waals surface area contributed by atoms with Crippen molar-refractivity contribution in [3.05, 3.63) is 60.3 Å². The van der Waals surface area contributed by atoms with Crippen LogP contribution in [0.4, 0.5) is 10.1 Å². The van der Waals surface area contributed by atoms with Crippen molar-refractivity contribution in [1.82, 2.24) is 14.6 Å². The molecule has 0 spiro atoms. The number of benzene rings is 1. The smallest absolute Gasteiger partial charge is 0.224 e. The van der Waals surface area contributed by atoms with Gasteiger partial charge in [-0.05, 0) is 42.8 Å². The number of aromatic nitrogens is 3. The Kier molecular flexibility index (Phi) is 4.09. The molecule has 1 amide bonds. The number of halogens is 1. The Balaban J connectivity index is 1.52. The zero-order valence-electron chi connectivity index (χ0n) is 11.9. The minimum Gasteiger partial charge on any atom is -0.326 e. The van der Waals surface area contributed by atoms with E-state index in [1.54, 1.807) is 12.1 Å². The minimum absolute atomic E-state index is 0.0968. The van der Waals surface area contributed by atoms with Crippen molar-refractivity contribution in [2.75, 3.05) is 5.32 Å². The van der Waals surface area contributed by atoms with Crippen molar-refractivity contribution in [3.8, 4) is 0 Å². The van der Waals surface area contributed by atoms with Gasteiger partial charge < -0.3 is 5.32 Å². The fraction of sp³-hybridized carbons (Fsp3) is 0.188. The van der Waals surface area contributed by atoms with E-state index in [1.807, 2.05) is 28.8 Å². The van der Waals surface area contributed by atoms with Crippen LogP contribution in [0.15, 0.2) is 48.7 Å². The Morgan fingerprint density at radius 1 is 1.14 bits per heavy atom. The first kappa shape index (κ1) is 14.2. The molecule has 2 aromatic heterocycles. The standard InChI is InChI=1S/C16H15FN4O/c17-12-7-9-13(10-8-12)18-16(22)6-3-5-15-20-19-14-4-1-2-11-21(14)15/h1-2,4,7-11H,3,5-6H2,(H,18,22). The summed E-state index contributed by atoms with van der Waals surface area (Å²) in [4.78, 5) is 11.8. The van der Waals surface area contributed by atoms with E-state index in [9.17, 15) is 9.18 Å². The number of rotatable bonds is 5. The molecule has 0 aliphatic rings. The first-order chi connectivity index (χ1) is 10.7. The maximum atomic E-state index is 12.8. The summed E-state index contributed by atoms with van der Waals surface area (Å²) in [6.45, 7) is 0. The number of amides is 1. The zero-order valence-corrected chi connectivity index (χ0v) is 11.9. The third-order valence-electron chi connectivity index (χ3n) is 3.32. The van der Waals surface area contributed by atoms with E-state index in [0.717, 1.165) is 11.5 Å². The molecule has 0 aliphatic heterocycles. The molecular formula is C16H15FN4O. The molecule has 0 radical (unpaired) electrons. The van der Waals surface area contributed by atoms with Crippen LogP contribution in [0, 0.1) is 5.82 Å². The van der Waals surface area contributed by atoms with Gasteiger partial charge in [0.05, 0.1) is 0 Å². The molecule has 5 nitrogen and oxygen atoms in total. The van der Waals surface area contributed by atoms with E-state index in [4.69, 9.17) is 0 Å². The van der Waals surface area contributed by atoms with Crippen LogP contribution in [-0.4, -0.2) is 20.5 Å². The SMILES string of the molecule is O=C(CCCc1nnc2ccccn12)Nc1ccc(F)cc1. The Morgan fingerprint density at radius 2 is 1.95 bits per heavy atom. The van der Waals surface area contributed by atoms with Crippen molar-refractivity contribution in [1.29, 1.82) is 0 Å². The number of hydrogen-bond acceptors (Lipinski definition) is 3. The summed E-state index contributed by atoms with van der Waals surface area (Å²) in [5.41, 5.74) is 1.40. The first-order valence-corrected chi connectivity index (χ1v) is 7.06. The van der Waals surface area contributed by atoms with Crippen LogP contribution in [0.5, 0.6) is 0 Å². The van der Waals surface area contributed by atoms with Crippen molar-refractivity contribution in [2.24, 2.45) is 0 Å². The number of anilines is 1. The second-order valence-corrected chi connectivity index (χ2v) is 4.95. The van der Waals surface area contributed by atoms with E-state index in [-0.39, 0.29) is 11.7 Å². The van der Waals surface area contributed by atoms with Crippen LogP contribution in [0.25, 0.3) is 5.65 Å². The molecule has 1 aromatic carbocycles. The average molecular weight is 298 g/mol. The molecule has 2 heterocycles. The molecule has 22 heavy (non-hydrogen) atoms. The number of carbonyl (C=O) groups is 1. The molecular weight excluding hydrogens is 283 g/mol. The van der Waals surface area contributed by atoms with E-state index >= 15 is 0 Å². The molecule has 0 bridgehead atoms. The summed E-state index contributed by atoms with van der Waals surface area (Å²) >= 11 is 0. The number of nitrogens with one attached hydrogen (secondary N) is 1. The molecule has 112 valence electrons. The molecule has 1 N–H and O–H groups in total. The maximum Gasteiger partial charge on any atom is 0.224 e. The van der Waals surface area contributed by atoms with Gasteiger partial charge >= 0.3 is 0 Å². The molecule has 3 rings (SSSR count). The fourth-order valence-corrected chi connectivity index (χ4v) is 2.23. The average Bonchev–Trinajstić information content (AvgIpc) is 2.93. The van der Waals surface area contributed by atoms with Crippen LogP contribution in [0.2, 0.25) is 0 Å². The molecule has 3 aromatic rings. The molecule has 6 heteroatoms. The van der Waals surface area contributed by atoms with Crippen LogP contribution in [-0.2, 0) is 11.2 Å². The van der Waals surface area contributed by atoms with E-state index < -0.39 is 0 Å². The van der Waals surface area contributed by atoms with E-state index in [1.165, 1.54) is 12.1 Å². The molecule has 0 atom stereocenters. The van der Waals surface area contributed by atoms with Crippen LogP contribution >= 0.6 is 0 Å². The van der Waals surface area contributed by atoms with Crippen LogP contribution in [0.3, 0.4) is 0 Å². The normalized spacial score (nSPS) is 10.8. The lowest BCUT2D eigenvalue weighted by Gasteiger charge is -2.04. The molecule has 0 saturated heterocycles. The number of pyridine rings is 1. The van der Waals surface area contributed by atoms with Gasteiger partial charge in [0.2, 0.25) is 5.91 Å². The van der Waals surface area contributed by atoms with Crippen LogP contribution < -0.4 is 5.32 Å². The number of nitrogens with zero attached hydrogens (tertiary/aromatic N) is 3. The quantitative estimate of drug-likeness (QED) is 0.788. The lowest BCUT2D eigenvalue weighted by atomic mass is 10.2. The van der Waals surface area contributed by atoms with Gasteiger partial charge in [-0.15, -0.1) is 10.2 Å². The van der Waals surface area contributed by atoms with Gasteiger partial charge in [0.15, 0.2) is 5.65 Å². The predicted octanol–water partition coefficient (Wildman–Crippen LogP) is 2.83. The second kappa shape index (κ2) is 6.34. The summed E-state index contributed by atoms with van der Waals surface area (Å²) < 4.78 is 14.7. The summed E-state index contributed by atoms with van der Waals surface area (Å²) in [6, 6.07) is 11.4. The summed E-state index contributed by atoms with van der Waals surface area (Å²) in [6.07, 6.45) is 3.62. The van der Waals surface area contributed by atoms with Gasteiger partial charge in [-0.25, -0.2) is 4.39 Å². The Morgan fingerprint density at radius 3 is 2.77 bits per heavy atom. The third kappa shape index (κ3) is 3.28. The summed E-state index contributed by atoms with van der Waals surface area (Å²) in [5.74, 6) is 0.419. The zero-order chi connectivity index (χ0) is 15.4. The molecule has 0 saturated carbocycles. The summed E-state index contributed by atoms with van der Waals surface area (Å²) in [5, 5.41) is 10.9. The monoisotopic (exact) mass is 298 g/mol. The van der Waals surface area contributed by atoms with Gasteiger partial charge in [0.25, 0.3) is 0 Å². The highest BCUT2D eigenvalue weighted by atomic mass is 19.1. The number of fused-ring (bicyclic) bond motifs is 1. The van der Waals surface area contributed by atoms with Crippen molar-refractivity contribution in [2.45, 2.75) is 19.3 Å². The number of carbonyl (C=O) groups excluding carboxylic acids is 1.